The van der Waals surface area contributed by atoms with E-state index in [-0.39, 0.29) is 24.9 Å². The molecule has 0 radical (unpaired) electrons. The number of fused-ring (bicyclic) bond motifs is 4. The average molecular weight is 327 g/mol. The van der Waals surface area contributed by atoms with E-state index in [9.17, 15) is 9.18 Å². The van der Waals surface area contributed by atoms with E-state index >= 15 is 0 Å². The van der Waals surface area contributed by atoms with Gasteiger partial charge in [0.25, 0.3) is 0 Å². The smallest absolute Gasteiger partial charge is 0.247 e. The Morgan fingerprint density at radius 3 is 2.88 bits per heavy atom. The summed E-state index contributed by atoms with van der Waals surface area (Å²) in [5, 5.41) is 2.98. The van der Waals surface area contributed by atoms with Crippen LogP contribution >= 0.6 is 0 Å². The molecule has 2 aromatic rings. The van der Waals surface area contributed by atoms with E-state index in [4.69, 9.17) is 14.2 Å². The molecule has 7 heteroatoms. The number of hydrogen-bond donors (Lipinski definition) is 1. The van der Waals surface area contributed by atoms with Gasteiger partial charge in [0.1, 0.15) is 31.5 Å². The van der Waals surface area contributed by atoms with Gasteiger partial charge in [0.05, 0.1) is 13.7 Å². The predicted octanol–water partition coefficient (Wildman–Crippen LogP) is 0.588. The Hall–Kier alpha value is -2.54. The van der Waals surface area contributed by atoms with Crippen LogP contribution in [-0.2, 0) is 15.1 Å². The summed E-state index contributed by atoms with van der Waals surface area (Å²) < 4.78 is 31.1. The van der Waals surface area contributed by atoms with Crippen molar-refractivity contribution in [3.63, 3.8) is 0 Å². The van der Waals surface area contributed by atoms with Gasteiger partial charge < -0.3 is 19.5 Å². The lowest BCUT2D eigenvalue weighted by atomic mass is 9.77. The van der Waals surface area contributed by atoms with Gasteiger partial charge in [-0.25, -0.2) is 4.39 Å². The maximum Gasteiger partial charge on any atom is 0.247 e. The average Bonchev–Trinajstić information content (AvgIpc) is 2.56. The van der Waals surface area contributed by atoms with Crippen molar-refractivity contribution in [2.45, 2.75) is 5.54 Å². The molecule has 4 rings (SSSR count). The quantitative estimate of drug-likeness (QED) is 0.779. The van der Waals surface area contributed by atoms with E-state index in [1.54, 1.807) is 33.2 Å². The minimum atomic E-state index is -1.00. The minimum Gasteiger partial charge on any atom is -0.497 e. The Kier molecular flexibility index (Phi) is 3.28. The molecule has 2 heterocycles. The number of ether oxygens (including phenoxy) is 3. The summed E-state index contributed by atoms with van der Waals surface area (Å²) in [7, 11) is 3.36. The van der Waals surface area contributed by atoms with Gasteiger partial charge in [-0.3, -0.25) is 4.79 Å². The molecule has 1 saturated heterocycles. The van der Waals surface area contributed by atoms with Crippen LogP contribution in [0.5, 0.6) is 17.2 Å². The van der Waals surface area contributed by atoms with Gasteiger partial charge in [0.2, 0.25) is 5.91 Å². The number of carbonyl (C=O) groups is 1. The predicted molar refractivity (Wildman–Crippen MR) is 87.4 cm³/mol. The van der Waals surface area contributed by atoms with Crippen molar-refractivity contribution in [3.05, 3.63) is 47.3 Å². The molecule has 2 aliphatic rings. The van der Waals surface area contributed by atoms with E-state index in [2.05, 4.69) is 5.32 Å². The molecule has 2 aliphatic heterocycles. The molecule has 5 nitrogen and oxygen atoms in total. The lowest BCUT2D eigenvalue weighted by molar-refractivity contribution is -0.134. The highest BCUT2D eigenvalue weighted by Gasteiger charge is 2.47. The summed E-state index contributed by atoms with van der Waals surface area (Å²) >= 11 is 0. The maximum absolute atomic E-state index is 14.5. The van der Waals surface area contributed by atoms with Gasteiger partial charge in [-0.05, 0) is 24.3 Å². The zero-order chi connectivity index (χ0) is 16.9. The number of nitrogens with one attached hydrogen (secondary N) is 1. The molecule has 0 aromatic heterocycles. The number of carbonyl (C=O) groups excluding carboxylic acids is 1. The van der Waals surface area contributed by atoms with Crippen molar-refractivity contribution in [1.82, 2.24) is 5.32 Å². The van der Waals surface area contributed by atoms with Gasteiger partial charge in [0, 0.05) is 11.1 Å². The van der Waals surface area contributed by atoms with Crippen LogP contribution in [0, 0.1) is 5.82 Å². The van der Waals surface area contributed by atoms with Crippen molar-refractivity contribution in [2.75, 3.05) is 20.3 Å². The Labute approximate surface area is 139 Å². The van der Waals surface area contributed by atoms with Crippen LogP contribution < -0.4 is 20.3 Å². The summed E-state index contributed by atoms with van der Waals surface area (Å²) in [4.78, 5) is 12.1. The molecule has 1 fully saturated rings. The maximum atomic E-state index is 14.5. The van der Waals surface area contributed by atoms with Crippen LogP contribution in [0.3, 0.4) is 0 Å². The molecule has 0 saturated carbocycles. The zero-order valence-electron chi connectivity index (χ0n) is 13.3. The van der Waals surface area contributed by atoms with E-state index in [0.717, 1.165) is 5.46 Å². The fourth-order valence-corrected chi connectivity index (χ4v) is 3.36. The van der Waals surface area contributed by atoms with Crippen molar-refractivity contribution in [2.24, 2.45) is 0 Å². The first-order valence-corrected chi connectivity index (χ1v) is 7.59. The van der Waals surface area contributed by atoms with Gasteiger partial charge in [-0.1, -0.05) is 11.5 Å². The fourth-order valence-electron chi connectivity index (χ4n) is 3.36. The van der Waals surface area contributed by atoms with Gasteiger partial charge in [-0.2, -0.15) is 0 Å². The summed E-state index contributed by atoms with van der Waals surface area (Å²) in [6, 6.07) is 8.45. The highest BCUT2D eigenvalue weighted by atomic mass is 19.1. The van der Waals surface area contributed by atoms with Crippen molar-refractivity contribution in [1.29, 1.82) is 0 Å². The van der Waals surface area contributed by atoms with Crippen molar-refractivity contribution < 1.29 is 23.4 Å². The largest absolute Gasteiger partial charge is 0.497 e. The van der Waals surface area contributed by atoms with Gasteiger partial charge in [-0.15, -0.1) is 0 Å². The van der Waals surface area contributed by atoms with Gasteiger partial charge >= 0.3 is 0 Å². The van der Waals surface area contributed by atoms with Crippen molar-refractivity contribution >= 4 is 19.2 Å². The third-order valence-corrected chi connectivity index (χ3v) is 4.41. The Bertz CT molecular complexity index is 857. The van der Waals surface area contributed by atoms with E-state index in [1.807, 2.05) is 6.07 Å². The molecule has 0 bridgehead atoms. The molecule has 122 valence electrons. The Balaban J connectivity index is 2.02. The van der Waals surface area contributed by atoms with Crippen LogP contribution in [0.15, 0.2) is 30.3 Å². The highest BCUT2D eigenvalue weighted by molar-refractivity contribution is 6.32. The summed E-state index contributed by atoms with van der Waals surface area (Å²) in [5.74, 6) is 0.476. The number of benzene rings is 2. The molecule has 0 unspecified atom stereocenters. The van der Waals surface area contributed by atoms with E-state index in [0.29, 0.717) is 22.6 Å². The molecule has 0 aliphatic carbocycles. The van der Waals surface area contributed by atoms with Gasteiger partial charge in [0.15, 0.2) is 11.6 Å². The Morgan fingerprint density at radius 2 is 2.12 bits per heavy atom. The molecule has 2 aromatic carbocycles. The molecule has 1 atom stereocenters. The highest BCUT2D eigenvalue weighted by Crippen LogP contribution is 2.49. The topological polar surface area (TPSA) is 56.8 Å². The lowest BCUT2D eigenvalue weighted by Crippen LogP contribution is -2.56. The van der Waals surface area contributed by atoms with Crippen molar-refractivity contribution in [3.8, 4) is 17.2 Å². The van der Waals surface area contributed by atoms with Crippen LogP contribution in [0.1, 0.15) is 11.1 Å². The Morgan fingerprint density at radius 1 is 1.29 bits per heavy atom. The summed E-state index contributed by atoms with van der Waals surface area (Å²) in [6.07, 6.45) is 0. The van der Waals surface area contributed by atoms with Crippen LogP contribution in [0.4, 0.5) is 4.39 Å². The molecule has 1 spiro atoms. The van der Waals surface area contributed by atoms with E-state index < -0.39 is 11.4 Å². The van der Waals surface area contributed by atoms with Crippen LogP contribution in [-0.4, -0.2) is 34.1 Å². The normalized spacial score (nSPS) is 21.5. The molecular weight excluding hydrogens is 312 g/mol. The number of amides is 1. The second-order valence-electron chi connectivity index (χ2n) is 6.03. The van der Waals surface area contributed by atoms with Crippen LogP contribution in [0.2, 0.25) is 0 Å². The molecule has 24 heavy (non-hydrogen) atoms. The first kappa shape index (κ1) is 15.0. The molecular formula is C17H15BFNO4. The second kappa shape index (κ2) is 5.24. The third kappa shape index (κ3) is 2.08. The number of rotatable bonds is 1. The second-order valence-corrected chi connectivity index (χ2v) is 6.03. The number of hydrogen-bond acceptors (Lipinski definition) is 4. The first-order chi connectivity index (χ1) is 11.5. The zero-order valence-corrected chi connectivity index (χ0v) is 13.3. The number of halogens is 1. The van der Waals surface area contributed by atoms with Crippen LogP contribution in [0.25, 0.3) is 0 Å². The SMILES string of the molecule is Bc1cc(F)c2c(c1)[C@]1(COCC(=O)N1)c1cc(OC)ccc1O2. The number of morpholine rings is 1. The monoisotopic (exact) mass is 327 g/mol. The summed E-state index contributed by atoms with van der Waals surface area (Å²) in [5.41, 5.74) is 0.973. The lowest BCUT2D eigenvalue weighted by Gasteiger charge is -2.43. The van der Waals surface area contributed by atoms with E-state index in [1.165, 1.54) is 6.07 Å². The molecule has 1 N–H and O–H groups in total. The summed E-state index contributed by atoms with van der Waals surface area (Å²) in [6.45, 7) is 0.170. The molecule has 1 amide bonds. The standard InChI is InChI=1S/C17H15BFNO4/c1-22-10-2-3-14-11(6-10)17(8-23-7-15(21)20-17)12-4-9(18)5-13(19)16(12)24-14/h2-6H,7-8,18H2,1H3,(H,20,21)/t17-/m0/s1. The third-order valence-electron chi connectivity index (χ3n) is 4.41. The first-order valence-electron chi connectivity index (χ1n) is 7.59. The number of methoxy groups -OCH3 is 1. The fraction of sp³-hybridized carbons (Fsp3) is 0.235. The minimum absolute atomic E-state index is 0.0223.